The summed E-state index contributed by atoms with van der Waals surface area (Å²) in [7, 11) is -9.93. The number of ether oxygens (including phenoxy) is 4. The summed E-state index contributed by atoms with van der Waals surface area (Å²) in [5, 5.41) is 10.6. The van der Waals surface area contributed by atoms with Gasteiger partial charge in [0.25, 0.3) is 0 Å². The van der Waals surface area contributed by atoms with Crippen LogP contribution in [0.2, 0.25) is 0 Å². The Morgan fingerprint density at radius 2 is 0.490 bits per heavy atom. The molecular weight excluding hydrogens is 1310 g/mol. The van der Waals surface area contributed by atoms with Gasteiger partial charge in [0.05, 0.1) is 26.4 Å². The summed E-state index contributed by atoms with van der Waals surface area (Å²) in [6.45, 7) is 4.96. The second-order valence-corrected chi connectivity index (χ2v) is 31.4. The molecule has 5 atom stereocenters. The van der Waals surface area contributed by atoms with Crippen LogP contribution in [-0.2, 0) is 65.4 Å². The van der Waals surface area contributed by atoms with E-state index < -0.39 is 97.5 Å². The van der Waals surface area contributed by atoms with Gasteiger partial charge in [-0.25, -0.2) is 9.13 Å². The molecule has 0 heterocycles. The zero-order valence-electron chi connectivity index (χ0n) is 64.7. The predicted molar refractivity (Wildman–Crippen MR) is 409 cm³/mol. The molecule has 0 spiro atoms. The van der Waals surface area contributed by atoms with Crippen LogP contribution in [0.15, 0.2) is 24.3 Å². The van der Waals surface area contributed by atoms with Crippen LogP contribution in [0.1, 0.15) is 413 Å². The molecule has 0 fully saturated rings. The predicted octanol–water partition coefficient (Wildman–Crippen LogP) is 24.1. The maximum Gasteiger partial charge on any atom is 0.472 e. The molecule has 0 amide bonds. The van der Waals surface area contributed by atoms with E-state index in [0.29, 0.717) is 25.7 Å². The van der Waals surface area contributed by atoms with Gasteiger partial charge in [-0.05, 0) is 57.8 Å². The van der Waals surface area contributed by atoms with E-state index in [0.717, 1.165) is 109 Å². The van der Waals surface area contributed by atoms with E-state index in [2.05, 4.69) is 52.0 Å². The molecule has 0 aromatic carbocycles. The number of unbranched alkanes of at least 4 members (excludes halogenated alkanes) is 50. The van der Waals surface area contributed by atoms with Crippen molar-refractivity contribution in [1.82, 2.24) is 0 Å². The SMILES string of the molecule is CCCCC/C=C\C/C=C\CCCCCCCC(=O)O[C@H](COC(=O)CCCCCCCCCCCCCCC)COP(=O)(O)OC[C@@H](O)COP(=O)(O)OC[C@@H](COC(=O)CCCCCCCCCCCCCCCCCCC)OC(=O)CCCCCCCCCCCCCCCCC. The van der Waals surface area contributed by atoms with Gasteiger partial charge in [0.2, 0.25) is 0 Å². The summed E-state index contributed by atoms with van der Waals surface area (Å²) in [6.07, 6.45) is 70.0. The van der Waals surface area contributed by atoms with Crippen LogP contribution in [0.25, 0.3) is 0 Å². The molecule has 0 radical (unpaired) electrons. The molecule has 0 aliphatic rings. The summed E-state index contributed by atoms with van der Waals surface area (Å²) >= 11 is 0. The first kappa shape index (κ1) is 97.5. The van der Waals surface area contributed by atoms with Crippen LogP contribution < -0.4 is 0 Å². The van der Waals surface area contributed by atoms with Crippen molar-refractivity contribution >= 4 is 39.5 Å². The Labute approximate surface area is 612 Å². The highest BCUT2D eigenvalue weighted by Crippen LogP contribution is 2.45. The lowest BCUT2D eigenvalue weighted by molar-refractivity contribution is -0.161. The Morgan fingerprint density at radius 1 is 0.280 bits per heavy atom. The van der Waals surface area contributed by atoms with E-state index in [1.165, 1.54) is 225 Å². The number of phosphoric ester groups is 2. The number of carbonyl (C=O) groups excluding carboxylic acids is 4. The van der Waals surface area contributed by atoms with E-state index in [4.69, 9.17) is 37.0 Å². The third-order valence-corrected chi connectivity index (χ3v) is 20.4. The first-order valence-corrected chi connectivity index (χ1v) is 44.6. The van der Waals surface area contributed by atoms with Crippen molar-refractivity contribution in [3.8, 4) is 0 Å². The molecule has 0 aromatic heterocycles. The summed E-state index contributed by atoms with van der Waals surface area (Å²) < 4.78 is 68.7. The van der Waals surface area contributed by atoms with Crippen molar-refractivity contribution in [2.24, 2.45) is 0 Å². The monoisotopic (exact) mass is 1460 g/mol. The minimum atomic E-state index is -4.97. The van der Waals surface area contributed by atoms with Crippen molar-refractivity contribution in [2.75, 3.05) is 39.6 Å². The van der Waals surface area contributed by atoms with Crippen LogP contribution in [0.5, 0.6) is 0 Å². The van der Waals surface area contributed by atoms with E-state index in [-0.39, 0.29) is 25.7 Å². The summed E-state index contributed by atoms with van der Waals surface area (Å²) in [6, 6.07) is 0. The van der Waals surface area contributed by atoms with Crippen molar-refractivity contribution in [3.05, 3.63) is 24.3 Å². The lowest BCUT2D eigenvalue weighted by atomic mass is 10.0. The Kier molecular flexibility index (Phi) is 73.0. The van der Waals surface area contributed by atoms with Crippen molar-refractivity contribution in [3.63, 3.8) is 0 Å². The second-order valence-electron chi connectivity index (χ2n) is 28.4. The van der Waals surface area contributed by atoms with Gasteiger partial charge in [0, 0.05) is 25.7 Å². The van der Waals surface area contributed by atoms with Gasteiger partial charge in [0.15, 0.2) is 12.2 Å². The van der Waals surface area contributed by atoms with Crippen LogP contribution >= 0.6 is 15.6 Å². The van der Waals surface area contributed by atoms with Crippen LogP contribution in [0, 0.1) is 0 Å². The van der Waals surface area contributed by atoms with Gasteiger partial charge in [0.1, 0.15) is 19.3 Å². The first-order chi connectivity index (χ1) is 48.7. The summed E-state index contributed by atoms with van der Waals surface area (Å²) in [5.74, 6) is -2.13. The minimum absolute atomic E-state index is 0.0876. The smallest absolute Gasteiger partial charge is 0.462 e. The normalized spacial score (nSPS) is 13.9. The molecule has 0 aliphatic heterocycles. The number of aliphatic hydroxyl groups excluding tert-OH is 1. The third kappa shape index (κ3) is 73.8. The highest BCUT2D eigenvalue weighted by Gasteiger charge is 2.30. The van der Waals surface area contributed by atoms with E-state index >= 15 is 0 Å². The molecule has 0 aromatic rings. The maximum absolute atomic E-state index is 13.1. The number of rotatable bonds is 80. The fourth-order valence-corrected chi connectivity index (χ4v) is 13.7. The topological polar surface area (TPSA) is 237 Å². The average Bonchev–Trinajstić information content (AvgIpc) is 1.10. The van der Waals surface area contributed by atoms with Crippen molar-refractivity contribution in [2.45, 2.75) is 431 Å². The number of aliphatic hydroxyl groups is 1. The number of phosphoric acid groups is 2. The molecule has 0 rings (SSSR count). The average molecular weight is 1460 g/mol. The van der Waals surface area contributed by atoms with E-state index in [9.17, 15) is 43.2 Å². The molecule has 3 N–H and O–H groups in total. The molecular formula is C81H154O17P2. The molecule has 100 heavy (non-hydrogen) atoms. The minimum Gasteiger partial charge on any atom is -0.462 e. The van der Waals surface area contributed by atoms with Gasteiger partial charge in [-0.15, -0.1) is 0 Å². The Hall–Kier alpha value is -2.46. The first-order valence-electron chi connectivity index (χ1n) is 41.6. The van der Waals surface area contributed by atoms with Gasteiger partial charge < -0.3 is 33.8 Å². The summed E-state index contributed by atoms with van der Waals surface area (Å²) in [5.41, 5.74) is 0. The van der Waals surface area contributed by atoms with Crippen molar-refractivity contribution < 1.29 is 80.2 Å². The van der Waals surface area contributed by atoms with Gasteiger partial charge in [-0.3, -0.25) is 37.3 Å². The molecule has 590 valence electrons. The number of allylic oxidation sites excluding steroid dienone is 4. The fraction of sp³-hybridized carbons (Fsp3) is 0.901. The second kappa shape index (κ2) is 74.8. The van der Waals surface area contributed by atoms with Gasteiger partial charge in [-0.2, -0.15) is 0 Å². The summed E-state index contributed by atoms with van der Waals surface area (Å²) in [4.78, 5) is 73.0. The van der Waals surface area contributed by atoms with Crippen LogP contribution in [-0.4, -0.2) is 96.7 Å². The highest BCUT2D eigenvalue weighted by atomic mass is 31.2. The lowest BCUT2D eigenvalue weighted by Crippen LogP contribution is -2.30. The largest absolute Gasteiger partial charge is 0.472 e. The van der Waals surface area contributed by atoms with Gasteiger partial charge >= 0.3 is 39.5 Å². The molecule has 19 heteroatoms. The lowest BCUT2D eigenvalue weighted by Gasteiger charge is -2.21. The zero-order chi connectivity index (χ0) is 73.2. The zero-order valence-corrected chi connectivity index (χ0v) is 66.5. The molecule has 17 nitrogen and oxygen atoms in total. The molecule has 0 bridgehead atoms. The molecule has 0 aliphatic carbocycles. The standard InChI is InChI=1S/C81H154O17P2/c1-5-9-13-17-21-25-29-33-36-37-40-42-46-50-54-58-62-66-79(84)92-72-77(98-81(86)68-64-60-56-52-48-44-39-35-31-27-23-19-15-11-7-3)74-96-100(89,90)94-70-75(82)69-93-99(87,88)95-73-76(71-91-78(83)65-61-57-53-49-45-41-32-28-24-20-16-12-8-4)97-80(85)67-63-59-55-51-47-43-38-34-30-26-22-18-14-10-6-2/h22,26,34,38,75-77,82H,5-21,23-25,27-33,35-37,39-74H2,1-4H3,(H,87,88)(H,89,90)/b26-22-,38-34-/t75-,76-,77-/m1/s1. The molecule has 0 saturated heterocycles. The van der Waals surface area contributed by atoms with Crippen LogP contribution in [0.4, 0.5) is 0 Å². The number of hydrogen-bond donors (Lipinski definition) is 3. The third-order valence-electron chi connectivity index (χ3n) is 18.4. The Morgan fingerprint density at radius 3 is 0.760 bits per heavy atom. The van der Waals surface area contributed by atoms with E-state index in [1.54, 1.807) is 0 Å². The number of carbonyl (C=O) groups is 4. The molecule has 2 unspecified atom stereocenters. The maximum atomic E-state index is 13.1. The van der Waals surface area contributed by atoms with Crippen LogP contribution in [0.3, 0.4) is 0 Å². The quantitative estimate of drug-likeness (QED) is 0.0169. The Balaban J connectivity index is 5.29. The fourth-order valence-electron chi connectivity index (χ4n) is 12.1. The van der Waals surface area contributed by atoms with Gasteiger partial charge in [-0.1, -0.05) is 354 Å². The molecule has 0 saturated carbocycles. The Bertz CT molecular complexity index is 1990. The number of hydrogen-bond acceptors (Lipinski definition) is 15. The van der Waals surface area contributed by atoms with E-state index in [1.807, 2.05) is 0 Å². The highest BCUT2D eigenvalue weighted by molar-refractivity contribution is 7.47. The van der Waals surface area contributed by atoms with Crippen molar-refractivity contribution in [1.29, 1.82) is 0 Å². The number of esters is 4.